The Bertz CT molecular complexity index is 1270. The van der Waals surface area contributed by atoms with Gasteiger partial charge in [-0.05, 0) is 66.5 Å². The number of hydrogen-bond acceptors (Lipinski definition) is 2. The van der Waals surface area contributed by atoms with E-state index in [0.29, 0.717) is 0 Å². The van der Waals surface area contributed by atoms with E-state index in [9.17, 15) is 4.79 Å². The maximum Gasteiger partial charge on any atom is 0.178 e. The molecule has 0 fully saturated rings. The summed E-state index contributed by atoms with van der Waals surface area (Å²) >= 11 is 0. The van der Waals surface area contributed by atoms with Crippen LogP contribution < -0.4 is 10.4 Å². The van der Waals surface area contributed by atoms with E-state index >= 15 is 0 Å². The molecule has 0 saturated heterocycles. The van der Waals surface area contributed by atoms with Crippen molar-refractivity contribution in [2.45, 2.75) is 93.9 Å². The monoisotopic (exact) mass is 498 g/mol. The highest BCUT2D eigenvalue weighted by Crippen LogP contribution is 2.44. The lowest BCUT2D eigenvalue weighted by molar-refractivity contribution is -0.110. The van der Waals surface area contributed by atoms with Gasteiger partial charge in [0, 0.05) is 11.1 Å². The molecule has 3 rings (SSSR count). The first-order valence-corrected chi connectivity index (χ1v) is 13.4. The Hall–Kier alpha value is -2.87. The smallest absolute Gasteiger partial charge is 0.178 e. The fraction of sp³-hybridized carbons (Fsp3) is 0.457. The van der Waals surface area contributed by atoms with Crippen molar-refractivity contribution in [2.24, 2.45) is 10.8 Å². The fourth-order valence-corrected chi connectivity index (χ4v) is 4.79. The standard InChI is InChI=1S/C35H46O2/c1-32(2,3)26-19-24(14-13-23-15-17-25(36)18-16-23)20-27(33(4,5)6)30(26)31-28(34(7,8)9)21-37-22-29(31)35(10,11)12/h13-22H,1-12H3. The minimum absolute atomic E-state index is 0.0328. The van der Waals surface area contributed by atoms with Crippen LogP contribution in [0.3, 0.4) is 0 Å². The van der Waals surface area contributed by atoms with Crippen LogP contribution in [0.2, 0.25) is 0 Å². The Morgan fingerprint density at radius 3 is 1.41 bits per heavy atom. The number of benzene rings is 1. The molecule has 1 aromatic rings. The third kappa shape index (κ3) is 6.53. The lowest BCUT2D eigenvalue weighted by Gasteiger charge is -2.37. The third-order valence-electron chi connectivity index (χ3n) is 6.90. The number of carbonyl (C=O) groups excluding carboxylic acids is 1. The van der Waals surface area contributed by atoms with Crippen LogP contribution in [0, 0.1) is 10.8 Å². The highest BCUT2D eigenvalue weighted by Gasteiger charge is 2.35. The molecule has 0 bridgehead atoms. The zero-order valence-corrected chi connectivity index (χ0v) is 25.1. The molecular formula is C35H46O2. The molecule has 1 aliphatic heterocycles. The molecule has 2 heteroatoms. The van der Waals surface area contributed by atoms with E-state index in [1.165, 1.54) is 38.3 Å². The van der Waals surface area contributed by atoms with Gasteiger partial charge in [0.25, 0.3) is 0 Å². The molecule has 0 aromatic heterocycles. The molecule has 2 aliphatic rings. The second-order valence-electron chi connectivity index (χ2n) is 14.5. The van der Waals surface area contributed by atoms with Crippen molar-refractivity contribution in [1.82, 2.24) is 0 Å². The van der Waals surface area contributed by atoms with Gasteiger partial charge in [0.2, 0.25) is 0 Å². The Morgan fingerprint density at radius 2 is 1.03 bits per heavy atom. The fourth-order valence-electron chi connectivity index (χ4n) is 4.79. The van der Waals surface area contributed by atoms with Gasteiger partial charge in [0.1, 0.15) is 0 Å². The van der Waals surface area contributed by atoms with E-state index in [2.05, 4.69) is 107 Å². The van der Waals surface area contributed by atoms with E-state index in [0.717, 1.165) is 5.57 Å². The van der Waals surface area contributed by atoms with Gasteiger partial charge in [-0.25, -0.2) is 0 Å². The average molecular weight is 499 g/mol. The minimum atomic E-state index is -0.0866. The van der Waals surface area contributed by atoms with E-state index < -0.39 is 0 Å². The molecule has 1 heterocycles. The van der Waals surface area contributed by atoms with Gasteiger partial charge >= 0.3 is 0 Å². The van der Waals surface area contributed by atoms with Crippen molar-refractivity contribution < 1.29 is 9.53 Å². The molecular weight excluding hydrogens is 452 g/mol. The number of allylic oxidation sites excluding steroid dienone is 8. The maximum absolute atomic E-state index is 11.5. The molecule has 1 aliphatic carbocycles. The molecule has 1 aromatic carbocycles. The van der Waals surface area contributed by atoms with Gasteiger partial charge < -0.3 is 4.74 Å². The number of ether oxygens (including phenoxy) is 1. The summed E-state index contributed by atoms with van der Waals surface area (Å²) in [5, 5.41) is 2.50. The largest absolute Gasteiger partial charge is 0.472 e. The number of hydrogen-bond donors (Lipinski definition) is 0. The van der Waals surface area contributed by atoms with Crippen LogP contribution >= 0.6 is 0 Å². The van der Waals surface area contributed by atoms with E-state index in [4.69, 9.17) is 4.74 Å². The van der Waals surface area contributed by atoms with Gasteiger partial charge in [-0.2, -0.15) is 0 Å². The average Bonchev–Trinajstić information content (AvgIpc) is 2.75. The molecule has 0 unspecified atom stereocenters. The zero-order chi connectivity index (χ0) is 28.0. The van der Waals surface area contributed by atoms with Gasteiger partial charge in [-0.15, -0.1) is 0 Å². The predicted molar refractivity (Wildman–Crippen MR) is 158 cm³/mol. The van der Waals surface area contributed by atoms with Gasteiger partial charge in [-0.3, -0.25) is 4.79 Å². The summed E-state index contributed by atoms with van der Waals surface area (Å²) in [7, 11) is 0. The summed E-state index contributed by atoms with van der Waals surface area (Å²) in [5.74, 6) is 0.0328. The Kier molecular flexibility index (Phi) is 7.59. The molecule has 0 radical (unpaired) electrons. The number of ketones is 1. The maximum atomic E-state index is 11.5. The molecule has 0 atom stereocenters. The number of rotatable bonds is 1. The Labute approximate surface area is 224 Å². The van der Waals surface area contributed by atoms with Crippen molar-refractivity contribution in [3.05, 3.63) is 93.3 Å². The van der Waals surface area contributed by atoms with E-state index in [-0.39, 0.29) is 27.4 Å². The molecule has 0 N–H and O–H groups in total. The van der Waals surface area contributed by atoms with Crippen LogP contribution in [0.1, 0.15) is 94.2 Å². The highest BCUT2D eigenvalue weighted by molar-refractivity contribution is 6.01. The molecule has 198 valence electrons. The van der Waals surface area contributed by atoms with Gasteiger partial charge in [-0.1, -0.05) is 120 Å². The van der Waals surface area contributed by atoms with Gasteiger partial charge in [0.15, 0.2) is 5.78 Å². The topological polar surface area (TPSA) is 26.3 Å². The summed E-state index contributed by atoms with van der Waals surface area (Å²) in [6, 6.07) is 4.71. The van der Waals surface area contributed by atoms with Crippen molar-refractivity contribution in [3.8, 4) is 0 Å². The van der Waals surface area contributed by atoms with Crippen LogP contribution in [-0.2, 0) is 20.4 Å². The number of carbonyl (C=O) groups is 1. The lowest BCUT2D eigenvalue weighted by Crippen LogP contribution is -2.38. The third-order valence-corrected chi connectivity index (χ3v) is 6.90. The van der Waals surface area contributed by atoms with Crippen LogP contribution in [0.4, 0.5) is 0 Å². The van der Waals surface area contributed by atoms with Crippen LogP contribution in [0.15, 0.2) is 71.8 Å². The molecule has 0 saturated carbocycles. The zero-order valence-electron chi connectivity index (χ0n) is 25.1. The van der Waals surface area contributed by atoms with E-state index in [1.54, 1.807) is 12.2 Å². The summed E-state index contributed by atoms with van der Waals surface area (Å²) in [6.07, 6.45) is 15.2. The van der Waals surface area contributed by atoms with Crippen LogP contribution in [-0.4, -0.2) is 5.78 Å². The van der Waals surface area contributed by atoms with Crippen LogP contribution in [0.5, 0.6) is 0 Å². The Morgan fingerprint density at radius 1 is 0.595 bits per heavy atom. The van der Waals surface area contributed by atoms with Crippen molar-refractivity contribution >= 4 is 17.4 Å². The molecule has 0 spiro atoms. The van der Waals surface area contributed by atoms with Crippen molar-refractivity contribution in [1.29, 1.82) is 0 Å². The first kappa shape index (κ1) is 28.7. The lowest BCUT2D eigenvalue weighted by atomic mass is 9.69. The second-order valence-corrected chi connectivity index (χ2v) is 14.5. The van der Waals surface area contributed by atoms with Gasteiger partial charge in [0.05, 0.1) is 12.5 Å². The first-order valence-electron chi connectivity index (χ1n) is 13.4. The Balaban J connectivity index is 2.56. The highest BCUT2D eigenvalue weighted by atomic mass is 16.5. The molecule has 2 nitrogen and oxygen atoms in total. The minimum Gasteiger partial charge on any atom is -0.472 e. The molecule has 37 heavy (non-hydrogen) atoms. The second kappa shape index (κ2) is 9.78. The summed E-state index contributed by atoms with van der Waals surface area (Å²) in [5.41, 5.74) is 7.12. The van der Waals surface area contributed by atoms with Crippen LogP contribution in [0.25, 0.3) is 11.6 Å². The first-order chi connectivity index (χ1) is 16.8. The quantitative estimate of drug-likeness (QED) is 0.396. The molecule has 0 amide bonds. The summed E-state index contributed by atoms with van der Waals surface area (Å²) in [6.45, 7) is 27.4. The summed E-state index contributed by atoms with van der Waals surface area (Å²) < 4.78 is 5.99. The van der Waals surface area contributed by atoms with Crippen molar-refractivity contribution in [3.63, 3.8) is 0 Å². The predicted octanol–water partition coefficient (Wildman–Crippen LogP) is 7.72. The summed E-state index contributed by atoms with van der Waals surface area (Å²) in [4.78, 5) is 11.5. The van der Waals surface area contributed by atoms with E-state index in [1.807, 2.05) is 24.7 Å². The normalized spacial score (nSPS) is 16.9. The SMILES string of the molecule is CC(C)(C)C1=COC=C(C(C)(C)C)C1=c1c(C(C)(C)C)cc(=CC=C2C=CC(=O)C=C2)cc1C(C)(C)C. The van der Waals surface area contributed by atoms with Crippen molar-refractivity contribution in [2.75, 3.05) is 0 Å².